The average molecular weight is 216 g/mol. The Balaban J connectivity index is 1.99. The number of nitrogens with zero attached hydrogens (tertiary/aromatic N) is 1. The number of thioether (sulfide) groups is 1. The standard InChI is InChI=1S/C9H16N2O2S/c1-14-6-9(12)11-2-3-13-8-5-10-4-7(8)11/h7-8,10H,2-6H2,1H3/t7-,8-/m1/s1. The molecule has 5 heteroatoms. The number of rotatable bonds is 2. The van der Waals surface area contributed by atoms with Crippen molar-refractivity contribution in [2.24, 2.45) is 0 Å². The summed E-state index contributed by atoms with van der Waals surface area (Å²) in [4.78, 5) is 13.7. The Morgan fingerprint density at radius 2 is 2.50 bits per heavy atom. The molecule has 14 heavy (non-hydrogen) atoms. The van der Waals surface area contributed by atoms with Gasteiger partial charge in [0.2, 0.25) is 5.91 Å². The zero-order valence-corrected chi connectivity index (χ0v) is 9.18. The van der Waals surface area contributed by atoms with Crippen LogP contribution in [0.15, 0.2) is 0 Å². The molecule has 0 unspecified atom stereocenters. The molecule has 0 aromatic heterocycles. The molecule has 0 spiro atoms. The molecule has 0 saturated carbocycles. The first-order valence-electron chi connectivity index (χ1n) is 4.93. The highest BCUT2D eigenvalue weighted by molar-refractivity contribution is 7.99. The Morgan fingerprint density at radius 1 is 1.64 bits per heavy atom. The van der Waals surface area contributed by atoms with Gasteiger partial charge in [-0.1, -0.05) is 0 Å². The molecule has 4 nitrogen and oxygen atoms in total. The van der Waals surface area contributed by atoms with E-state index in [-0.39, 0.29) is 18.1 Å². The fraction of sp³-hybridized carbons (Fsp3) is 0.889. The Kier molecular flexibility index (Phi) is 3.30. The lowest BCUT2D eigenvalue weighted by molar-refractivity contribution is -0.139. The monoisotopic (exact) mass is 216 g/mol. The first-order chi connectivity index (χ1) is 6.83. The molecule has 2 atom stereocenters. The van der Waals surface area contributed by atoms with Gasteiger partial charge in [0.05, 0.1) is 24.5 Å². The highest BCUT2D eigenvalue weighted by Crippen LogP contribution is 2.18. The van der Waals surface area contributed by atoms with Crippen LogP contribution in [0.1, 0.15) is 0 Å². The Morgan fingerprint density at radius 3 is 3.29 bits per heavy atom. The third-order valence-corrected chi connectivity index (χ3v) is 3.32. The van der Waals surface area contributed by atoms with Crippen molar-refractivity contribution in [1.29, 1.82) is 0 Å². The zero-order valence-electron chi connectivity index (χ0n) is 8.36. The number of ether oxygens (including phenoxy) is 1. The number of morpholine rings is 1. The second-order valence-corrected chi connectivity index (χ2v) is 4.52. The van der Waals surface area contributed by atoms with E-state index in [1.165, 1.54) is 0 Å². The van der Waals surface area contributed by atoms with Crippen molar-refractivity contribution >= 4 is 17.7 Å². The number of carbonyl (C=O) groups is 1. The van der Waals surface area contributed by atoms with Gasteiger partial charge in [-0.2, -0.15) is 11.8 Å². The second kappa shape index (κ2) is 4.51. The van der Waals surface area contributed by atoms with Crippen molar-refractivity contribution in [2.75, 3.05) is 38.2 Å². The molecule has 1 amide bonds. The molecule has 1 N–H and O–H groups in total. The third kappa shape index (κ3) is 1.89. The van der Waals surface area contributed by atoms with Crippen molar-refractivity contribution < 1.29 is 9.53 Å². The molecule has 80 valence electrons. The molecule has 0 bridgehead atoms. The van der Waals surface area contributed by atoms with Gasteiger partial charge in [-0.3, -0.25) is 4.79 Å². The van der Waals surface area contributed by atoms with Gasteiger partial charge in [0.25, 0.3) is 0 Å². The van der Waals surface area contributed by atoms with Crippen LogP contribution in [0.2, 0.25) is 0 Å². The quantitative estimate of drug-likeness (QED) is 0.679. The second-order valence-electron chi connectivity index (χ2n) is 3.65. The van der Waals surface area contributed by atoms with Crippen LogP contribution in [-0.2, 0) is 9.53 Å². The van der Waals surface area contributed by atoms with Gasteiger partial charge in [0.15, 0.2) is 0 Å². The summed E-state index contributed by atoms with van der Waals surface area (Å²) in [5.74, 6) is 0.836. The fourth-order valence-corrected chi connectivity index (χ4v) is 2.52. The van der Waals surface area contributed by atoms with Crippen molar-refractivity contribution in [2.45, 2.75) is 12.1 Å². The van der Waals surface area contributed by atoms with Crippen LogP contribution in [0, 0.1) is 0 Å². The normalized spacial score (nSPS) is 31.6. The zero-order chi connectivity index (χ0) is 9.97. The summed E-state index contributed by atoms with van der Waals surface area (Å²) in [6.45, 7) is 3.20. The molecule has 0 aromatic carbocycles. The molecule has 0 radical (unpaired) electrons. The maximum absolute atomic E-state index is 11.8. The van der Waals surface area contributed by atoms with Gasteiger partial charge < -0.3 is 15.0 Å². The molecule has 2 saturated heterocycles. The molecule has 2 aliphatic heterocycles. The van der Waals surface area contributed by atoms with Gasteiger partial charge >= 0.3 is 0 Å². The van der Waals surface area contributed by atoms with Crippen LogP contribution in [0.5, 0.6) is 0 Å². The van der Waals surface area contributed by atoms with E-state index in [1.54, 1.807) is 11.8 Å². The largest absolute Gasteiger partial charge is 0.373 e. The van der Waals surface area contributed by atoms with E-state index in [0.717, 1.165) is 19.6 Å². The SMILES string of the molecule is CSCC(=O)N1CCO[C@@H]2CNC[C@H]21. The summed E-state index contributed by atoms with van der Waals surface area (Å²) in [7, 11) is 0. The first kappa shape index (κ1) is 10.3. The predicted molar refractivity (Wildman–Crippen MR) is 56.5 cm³/mol. The van der Waals surface area contributed by atoms with Crippen LogP contribution >= 0.6 is 11.8 Å². The summed E-state index contributed by atoms with van der Waals surface area (Å²) in [6.07, 6.45) is 2.18. The van der Waals surface area contributed by atoms with E-state index >= 15 is 0 Å². The minimum atomic E-state index is 0.217. The molecule has 2 heterocycles. The van der Waals surface area contributed by atoms with Crippen molar-refractivity contribution in [3.05, 3.63) is 0 Å². The average Bonchev–Trinajstić information content (AvgIpc) is 2.65. The molecular weight excluding hydrogens is 200 g/mol. The first-order valence-corrected chi connectivity index (χ1v) is 6.33. The van der Waals surface area contributed by atoms with Crippen molar-refractivity contribution in [3.63, 3.8) is 0 Å². The minimum absolute atomic E-state index is 0.217. The molecule has 0 aromatic rings. The number of carbonyl (C=O) groups excluding carboxylic acids is 1. The molecule has 2 aliphatic rings. The summed E-state index contributed by atoms with van der Waals surface area (Å²) in [5, 5.41) is 3.27. The van der Waals surface area contributed by atoms with Gasteiger partial charge in [0.1, 0.15) is 0 Å². The highest BCUT2D eigenvalue weighted by atomic mass is 32.2. The lowest BCUT2D eigenvalue weighted by atomic mass is 10.1. The van der Waals surface area contributed by atoms with Crippen molar-refractivity contribution in [3.8, 4) is 0 Å². The number of hydrogen-bond donors (Lipinski definition) is 1. The number of hydrogen-bond acceptors (Lipinski definition) is 4. The van der Waals surface area contributed by atoms with Gasteiger partial charge in [-0.25, -0.2) is 0 Å². The van der Waals surface area contributed by atoms with Crippen LogP contribution < -0.4 is 5.32 Å². The van der Waals surface area contributed by atoms with Gasteiger partial charge in [0, 0.05) is 19.6 Å². The van der Waals surface area contributed by atoms with E-state index in [2.05, 4.69) is 5.32 Å². The van der Waals surface area contributed by atoms with E-state index in [0.29, 0.717) is 12.4 Å². The van der Waals surface area contributed by atoms with Crippen LogP contribution in [0.3, 0.4) is 0 Å². The molecular formula is C9H16N2O2S. The topological polar surface area (TPSA) is 41.6 Å². The fourth-order valence-electron chi connectivity index (χ4n) is 2.11. The summed E-state index contributed by atoms with van der Waals surface area (Å²) < 4.78 is 5.60. The van der Waals surface area contributed by atoms with Crippen LogP contribution in [0.4, 0.5) is 0 Å². The highest BCUT2D eigenvalue weighted by Gasteiger charge is 2.37. The van der Waals surface area contributed by atoms with Gasteiger partial charge in [-0.05, 0) is 6.26 Å². The maximum atomic E-state index is 11.8. The van der Waals surface area contributed by atoms with E-state index < -0.39 is 0 Å². The Hall–Kier alpha value is -0.260. The van der Waals surface area contributed by atoms with Gasteiger partial charge in [-0.15, -0.1) is 0 Å². The third-order valence-electron chi connectivity index (χ3n) is 2.78. The van der Waals surface area contributed by atoms with Crippen molar-refractivity contribution in [1.82, 2.24) is 10.2 Å². The number of nitrogens with one attached hydrogen (secondary N) is 1. The predicted octanol–water partition coefficient (Wildman–Crippen LogP) is -0.451. The van der Waals surface area contributed by atoms with E-state index in [4.69, 9.17) is 4.74 Å². The summed E-state index contributed by atoms with van der Waals surface area (Å²) in [6, 6.07) is 0.267. The Labute approximate surface area is 88.4 Å². The number of fused-ring (bicyclic) bond motifs is 1. The van der Waals surface area contributed by atoms with E-state index in [9.17, 15) is 4.79 Å². The van der Waals surface area contributed by atoms with Crippen LogP contribution in [-0.4, -0.2) is 61.2 Å². The van der Waals surface area contributed by atoms with E-state index in [1.807, 2.05) is 11.2 Å². The minimum Gasteiger partial charge on any atom is -0.373 e. The molecule has 0 aliphatic carbocycles. The van der Waals surface area contributed by atoms with Crippen LogP contribution in [0.25, 0.3) is 0 Å². The lowest BCUT2D eigenvalue weighted by Gasteiger charge is -2.36. The molecule has 2 rings (SSSR count). The summed E-state index contributed by atoms with van der Waals surface area (Å²) >= 11 is 1.59. The lowest BCUT2D eigenvalue weighted by Crippen LogP contribution is -2.53. The maximum Gasteiger partial charge on any atom is 0.233 e. The summed E-state index contributed by atoms with van der Waals surface area (Å²) in [5.41, 5.74) is 0. The Bertz CT molecular complexity index is 225. The number of amides is 1. The smallest absolute Gasteiger partial charge is 0.233 e. The molecule has 2 fully saturated rings.